The first-order valence-electron chi connectivity index (χ1n) is 9.78. The van der Waals surface area contributed by atoms with Crippen LogP contribution in [0.4, 0.5) is 5.69 Å². The second kappa shape index (κ2) is 8.99. The van der Waals surface area contributed by atoms with E-state index in [-0.39, 0.29) is 12.3 Å². The lowest BCUT2D eigenvalue weighted by Crippen LogP contribution is -2.16. The molecule has 31 heavy (non-hydrogen) atoms. The van der Waals surface area contributed by atoms with E-state index in [9.17, 15) is 4.79 Å². The van der Waals surface area contributed by atoms with E-state index in [2.05, 4.69) is 36.5 Å². The SMILES string of the molecule is CCc1ccc(-c2cn3c(CC(=O)Nc4cc(OC)c(Cl)cc4OC)csc3n2)cc1. The lowest BCUT2D eigenvalue weighted by Gasteiger charge is -2.13. The first-order valence-corrected chi connectivity index (χ1v) is 11.0. The maximum Gasteiger partial charge on any atom is 0.230 e. The van der Waals surface area contributed by atoms with Crippen molar-refractivity contribution in [2.45, 2.75) is 19.8 Å². The van der Waals surface area contributed by atoms with Crippen molar-refractivity contribution >= 4 is 39.5 Å². The van der Waals surface area contributed by atoms with Crippen LogP contribution in [0.25, 0.3) is 16.2 Å². The zero-order chi connectivity index (χ0) is 22.0. The van der Waals surface area contributed by atoms with Gasteiger partial charge in [-0.3, -0.25) is 9.20 Å². The molecule has 0 saturated heterocycles. The molecule has 6 nitrogen and oxygen atoms in total. The van der Waals surface area contributed by atoms with E-state index < -0.39 is 0 Å². The molecule has 0 aliphatic heterocycles. The molecular weight excluding hydrogens is 434 g/mol. The van der Waals surface area contributed by atoms with Crippen molar-refractivity contribution in [1.29, 1.82) is 0 Å². The molecule has 160 valence electrons. The van der Waals surface area contributed by atoms with Gasteiger partial charge < -0.3 is 14.8 Å². The molecule has 4 aromatic rings. The highest BCUT2D eigenvalue weighted by Gasteiger charge is 2.16. The third kappa shape index (κ3) is 4.38. The number of anilines is 1. The zero-order valence-corrected chi connectivity index (χ0v) is 19.0. The van der Waals surface area contributed by atoms with Crippen LogP contribution in [0.3, 0.4) is 0 Å². The number of amides is 1. The fraction of sp³-hybridized carbons (Fsp3) is 0.217. The molecule has 0 radical (unpaired) electrons. The van der Waals surface area contributed by atoms with E-state index in [0.717, 1.165) is 28.3 Å². The second-order valence-electron chi connectivity index (χ2n) is 6.97. The van der Waals surface area contributed by atoms with Gasteiger partial charge in [-0.15, -0.1) is 11.3 Å². The summed E-state index contributed by atoms with van der Waals surface area (Å²) in [6, 6.07) is 11.7. The lowest BCUT2D eigenvalue weighted by atomic mass is 10.1. The Balaban J connectivity index is 1.55. The molecule has 8 heteroatoms. The topological polar surface area (TPSA) is 64.9 Å². The minimum absolute atomic E-state index is 0.176. The van der Waals surface area contributed by atoms with Crippen LogP contribution in [0.1, 0.15) is 18.2 Å². The van der Waals surface area contributed by atoms with Crippen molar-refractivity contribution in [2.75, 3.05) is 19.5 Å². The Hall–Kier alpha value is -3.03. The number of nitrogens with one attached hydrogen (secondary N) is 1. The number of thiazole rings is 1. The van der Waals surface area contributed by atoms with Gasteiger partial charge in [-0.2, -0.15) is 0 Å². The summed E-state index contributed by atoms with van der Waals surface area (Å²) in [5.74, 6) is 0.754. The molecule has 2 heterocycles. The third-order valence-corrected chi connectivity index (χ3v) is 6.22. The third-order valence-electron chi connectivity index (χ3n) is 5.03. The van der Waals surface area contributed by atoms with Crippen LogP contribution in [0.5, 0.6) is 11.5 Å². The summed E-state index contributed by atoms with van der Waals surface area (Å²) in [5.41, 5.74) is 4.60. The number of hydrogen-bond acceptors (Lipinski definition) is 5. The van der Waals surface area contributed by atoms with Gasteiger partial charge in [-0.1, -0.05) is 42.8 Å². The van der Waals surface area contributed by atoms with Crippen LogP contribution in [0.15, 0.2) is 48.0 Å². The number of carbonyl (C=O) groups is 1. The number of methoxy groups -OCH3 is 2. The number of hydrogen-bond donors (Lipinski definition) is 1. The summed E-state index contributed by atoms with van der Waals surface area (Å²) < 4.78 is 12.5. The van der Waals surface area contributed by atoms with Crippen molar-refractivity contribution in [3.8, 4) is 22.8 Å². The van der Waals surface area contributed by atoms with Crippen molar-refractivity contribution in [3.05, 3.63) is 64.3 Å². The minimum atomic E-state index is -0.176. The summed E-state index contributed by atoms with van der Waals surface area (Å²) in [5, 5.41) is 5.25. The normalized spacial score (nSPS) is 11.0. The first kappa shape index (κ1) is 21.2. The summed E-state index contributed by atoms with van der Waals surface area (Å²) in [7, 11) is 3.05. The molecule has 0 bridgehead atoms. The van der Waals surface area contributed by atoms with Gasteiger partial charge >= 0.3 is 0 Å². The Morgan fingerprint density at radius 2 is 1.90 bits per heavy atom. The summed E-state index contributed by atoms with van der Waals surface area (Å²) >= 11 is 7.65. The highest BCUT2D eigenvalue weighted by atomic mass is 35.5. The number of fused-ring (bicyclic) bond motifs is 1. The van der Waals surface area contributed by atoms with Crippen molar-refractivity contribution in [2.24, 2.45) is 0 Å². The number of halogens is 1. The fourth-order valence-corrected chi connectivity index (χ4v) is 4.43. The zero-order valence-electron chi connectivity index (χ0n) is 17.4. The van der Waals surface area contributed by atoms with Gasteiger partial charge in [0.1, 0.15) is 11.5 Å². The Labute approximate surface area is 189 Å². The molecule has 0 unspecified atom stereocenters. The predicted octanol–water partition coefficient (Wildman–Crippen LogP) is 5.48. The first-order chi connectivity index (χ1) is 15.0. The molecule has 0 saturated carbocycles. The second-order valence-corrected chi connectivity index (χ2v) is 8.21. The molecule has 1 amide bonds. The highest BCUT2D eigenvalue weighted by molar-refractivity contribution is 7.15. The van der Waals surface area contributed by atoms with E-state index in [1.807, 2.05) is 16.0 Å². The Bertz CT molecular complexity index is 1230. The van der Waals surface area contributed by atoms with E-state index in [4.69, 9.17) is 26.1 Å². The van der Waals surface area contributed by atoms with E-state index in [1.165, 1.54) is 31.1 Å². The molecular formula is C23H22ClN3O3S. The number of nitrogens with zero attached hydrogens (tertiary/aromatic N) is 2. The largest absolute Gasteiger partial charge is 0.495 e. The highest BCUT2D eigenvalue weighted by Crippen LogP contribution is 2.36. The number of rotatable bonds is 7. The molecule has 2 aromatic heterocycles. The molecule has 0 atom stereocenters. The lowest BCUT2D eigenvalue weighted by molar-refractivity contribution is -0.115. The average Bonchev–Trinajstić information content (AvgIpc) is 3.36. The van der Waals surface area contributed by atoms with Crippen LogP contribution in [0, 0.1) is 0 Å². The minimum Gasteiger partial charge on any atom is -0.495 e. The van der Waals surface area contributed by atoms with Crippen LogP contribution in [-0.2, 0) is 17.6 Å². The van der Waals surface area contributed by atoms with E-state index in [1.54, 1.807) is 12.1 Å². The van der Waals surface area contributed by atoms with E-state index >= 15 is 0 Å². The predicted molar refractivity (Wildman–Crippen MR) is 125 cm³/mol. The van der Waals surface area contributed by atoms with Gasteiger partial charge in [0.15, 0.2) is 4.96 Å². The standard InChI is InChI=1S/C23H22ClN3O3S/c1-4-14-5-7-15(8-6-14)19-12-27-16(13-31-23(27)26-19)9-22(28)25-18-11-20(29-2)17(24)10-21(18)30-3/h5-8,10-13H,4,9H2,1-3H3,(H,25,28). The Kier molecular flexibility index (Phi) is 6.15. The van der Waals surface area contributed by atoms with Gasteiger partial charge in [0.2, 0.25) is 5.91 Å². The summed E-state index contributed by atoms with van der Waals surface area (Å²) in [6.07, 6.45) is 3.17. The number of carbonyl (C=O) groups excluding carboxylic acids is 1. The summed E-state index contributed by atoms with van der Waals surface area (Å²) in [6.45, 7) is 2.13. The molecule has 0 aliphatic carbocycles. The number of aryl methyl sites for hydroxylation is 1. The number of imidazole rings is 1. The van der Waals surface area contributed by atoms with Crippen molar-refractivity contribution < 1.29 is 14.3 Å². The number of aromatic nitrogens is 2. The maximum absolute atomic E-state index is 12.8. The summed E-state index contributed by atoms with van der Waals surface area (Å²) in [4.78, 5) is 18.3. The smallest absolute Gasteiger partial charge is 0.230 e. The van der Waals surface area contributed by atoms with E-state index in [0.29, 0.717) is 22.2 Å². The number of ether oxygens (including phenoxy) is 2. The van der Waals surface area contributed by atoms with Gasteiger partial charge in [-0.05, 0) is 12.0 Å². The molecule has 2 aromatic carbocycles. The fourth-order valence-electron chi connectivity index (χ4n) is 3.32. The molecule has 0 spiro atoms. The van der Waals surface area contributed by atoms with Crippen LogP contribution >= 0.6 is 22.9 Å². The quantitative estimate of drug-likeness (QED) is 0.401. The van der Waals surface area contributed by atoms with Gasteiger partial charge in [0.25, 0.3) is 0 Å². The van der Waals surface area contributed by atoms with Gasteiger partial charge in [0, 0.05) is 35.0 Å². The van der Waals surface area contributed by atoms with Crippen LogP contribution in [-0.4, -0.2) is 29.5 Å². The van der Waals surface area contributed by atoms with Crippen LogP contribution in [0.2, 0.25) is 5.02 Å². The van der Waals surface area contributed by atoms with Crippen molar-refractivity contribution in [1.82, 2.24) is 9.38 Å². The molecule has 1 N–H and O–H groups in total. The molecule has 0 aliphatic rings. The Morgan fingerprint density at radius 1 is 1.16 bits per heavy atom. The monoisotopic (exact) mass is 455 g/mol. The Morgan fingerprint density at radius 3 is 2.58 bits per heavy atom. The maximum atomic E-state index is 12.8. The molecule has 0 fully saturated rings. The molecule has 4 rings (SSSR count). The van der Waals surface area contributed by atoms with Crippen LogP contribution < -0.4 is 14.8 Å². The van der Waals surface area contributed by atoms with Gasteiger partial charge in [-0.25, -0.2) is 4.98 Å². The van der Waals surface area contributed by atoms with Gasteiger partial charge in [0.05, 0.1) is 37.0 Å². The number of benzene rings is 2. The average molecular weight is 456 g/mol. The van der Waals surface area contributed by atoms with Crippen molar-refractivity contribution in [3.63, 3.8) is 0 Å².